The van der Waals surface area contributed by atoms with E-state index >= 15 is 0 Å². The third-order valence-corrected chi connectivity index (χ3v) is 2.24. The van der Waals surface area contributed by atoms with Crippen LogP contribution in [0, 0.1) is 0 Å². The van der Waals surface area contributed by atoms with Crippen molar-refractivity contribution in [1.29, 1.82) is 0 Å². The summed E-state index contributed by atoms with van der Waals surface area (Å²) in [7, 11) is 3.05. The maximum absolute atomic E-state index is 5.00. The predicted octanol–water partition coefficient (Wildman–Crippen LogP) is 0.819. The fraction of sp³-hybridized carbons (Fsp3) is 0.727. The van der Waals surface area contributed by atoms with Gasteiger partial charge in [0.25, 0.3) is 0 Å². The molecule has 0 amide bonds. The Balaban J connectivity index is 2.68. The van der Waals surface area contributed by atoms with Gasteiger partial charge >= 0.3 is 12.0 Å². The van der Waals surface area contributed by atoms with Gasteiger partial charge in [0.1, 0.15) is 5.82 Å². The Labute approximate surface area is 102 Å². The van der Waals surface area contributed by atoms with Crippen LogP contribution in [0.1, 0.15) is 26.1 Å². The van der Waals surface area contributed by atoms with Crippen molar-refractivity contribution in [3.05, 3.63) is 5.82 Å². The molecule has 1 N–H and O–H groups in total. The molecule has 1 rings (SSSR count). The summed E-state index contributed by atoms with van der Waals surface area (Å²) in [4.78, 5) is 12.3. The van der Waals surface area contributed by atoms with Crippen molar-refractivity contribution < 1.29 is 9.47 Å². The van der Waals surface area contributed by atoms with Crippen molar-refractivity contribution in [1.82, 2.24) is 20.3 Å². The zero-order valence-electron chi connectivity index (χ0n) is 10.9. The maximum atomic E-state index is 5.00. The fourth-order valence-electron chi connectivity index (χ4n) is 1.39. The van der Waals surface area contributed by atoms with E-state index in [1.54, 1.807) is 0 Å². The Morgan fingerprint density at radius 3 is 2.18 bits per heavy atom. The highest BCUT2D eigenvalue weighted by Crippen LogP contribution is 2.09. The molecule has 6 heteroatoms. The van der Waals surface area contributed by atoms with Crippen LogP contribution in [0.4, 0.5) is 0 Å². The maximum Gasteiger partial charge on any atom is 0.322 e. The fourth-order valence-corrected chi connectivity index (χ4v) is 1.39. The molecule has 1 atom stereocenters. The standard InChI is InChI=1S/C11H20N4O2/c1-5-6-12-8(2)7-9-13-10(16-3)15-11(14-9)17-4/h8,12H,5-7H2,1-4H3. The lowest BCUT2D eigenvalue weighted by atomic mass is 10.2. The molecule has 1 heterocycles. The number of rotatable bonds is 7. The van der Waals surface area contributed by atoms with Gasteiger partial charge < -0.3 is 14.8 Å². The summed E-state index contributed by atoms with van der Waals surface area (Å²) in [6.07, 6.45) is 1.82. The van der Waals surface area contributed by atoms with E-state index in [0.29, 0.717) is 11.9 Å². The zero-order valence-corrected chi connectivity index (χ0v) is 10.9. The van der Waals surface area contributed by atoms with Gasteiger partial charge in [-0.05, 0) is 19.9 Å². The van der Waals surface area contributed by atoms with Crippen molar-refractivity contribution in [2.24, 2.45) is 0 Å². The van der Waals surface area contributed by atoms with Gasteiger partial charge in [0.05, 0.1) is 14.2 Å². The van der Waals surface area contributed by atoms with Gasteiger partial charge in [-0.1, -0.05) is 6.92 Å². The SMILES string of the molecule is CCCNC(C)Cc1nc(OC)nc(OC)n1. The normalized spacial score (nSPS) is 12.2. The highest BCUT2D eigenvalue weighted by Gasteiger charge is 2.10. The lowest BCUT2D eigenvalue weighted by Crippen LogP contribution is -2.29. The third kappa shape index (κ3) is 4.52. The van der Waals surface area contributed by atoms with Crippen molar-refractivity contribution in [3.8, 4) is 12.0 Å². The quantitative estimate of drug-likeness (QED) is 0.761. The summed E-state index contributed by atoms with van der Waals surface area (Å²) in [6, 6.07) is 0.885. The zero-order chi connectivity index (χ0) is 12.7. The van der Waals surface area contributed by atoms with E-state index in [0.717, 1.165) is 19.4 Å². The van der Waals surface area contributed by atoms with Gasteiger partial charge in [0, 0.05) is 12.5 Å². The van der Waals surface area contributed by atoms with Gasteiger partial charge in [-0.25, -0.2) is 0 Å². The van der Waals surface area contributed by atoms with Gasteiger partial charge in [-0.3, -0.25) is 0 Å². The van der Waals surface area contributed by atoms with E-state index < -0.39 is 0 Å². The van der Waals surface area contributed by atoms with Crippen LogP contribution in [0.25, 0.3) is 0 Å². The molecule has 0 aromatic carbocycles. The van der Waals surface area contributed by atoms with E-state index in [-0.39, 0.29) is 12.0 Å². The number of nitrogens with zero attached hydrogens (tertiary/aromatic N) is 3. The number of methoxy groups -OCH3 is 2. The molecule has 0 aliphatic rings. The van der Waals surface area contributed by atoms with Gasteiger partial charge in [-0.2, -0.15) is 9.97 Å². The number of ether oxygens (including phenoxy) is 2. The van der Waals surface area contributed by atoms with Crippen LogP contribution >= 0.6 is 0 Å². The van der Waals surface area contributed by atoms with Crippen molar-refractivity contribution >= 4 is 0 Å². The summed E-state index contributed by atoms with van der Waals surface area (Å²) in [6.45, 7) is 5.22. The lowest BCUT2D eigenvalue weighted by molar-refractivity contribution is 0.335. The van der Waals surface area contributed by atoms with Crippen molar-refractivity contribution in [2.45, 2.75) is 32.7 Å². The first-order chi connectivity index (χ1) is 8.19. The number of hydrogen-bond donors (Lipinski definition) is 1. The Kier molecular flexibility index (Phi) is 5.62. The Morgan fingerprint density at radius 2 is 1.71 bits per heavy atom. The monoisotopic (exact) mass is 240 g/mol. The number of aromatic nitrogens is 3. The van der Waals surface area contributed by atoms with Gasteiger partial charge in [-0.15, -0.1) is 4.98 Å². The highest BCUT2D eigenvalue weighted by atomic mass is 16.5. The van der Waals surface area contributed by atoms with Crippen LogP contribution in [0.15, 0.2) is 0 Å². The summed E-state index contributed by atoms with van der Waals surface area (Å²) >= 11 is 0. The minimum atomic E-state index is 0.287. The minimum Gasteiger partial charge on any atom is -0.467 e. The molecule has 0 radical (unpaired) electrons. The van der Waals surface area contributed by atoms with Crippen LogP contribution in [-0.4, -0.2) is 41.8 Å². The lowest BCUT2D eigenvalue weighted by Gasteiger charge is -2.12. The Bertz CT molecular complexity index is 324. The first-order valence-corrected chi connectivity index (χ1v) is 5.75. The van der Waals surface area contributed by atoms with E-state index in [1.165, 1.54) is 14.2 Å². The molecule has 96 valence electrons. The summed E-state index contributed by atoms with van der Waals surface area (Å²) < 4.78 is 9.99. The van der Waals surface area contributed by atoms with Crippen LogP contribution in [0.5, 0.6) is 12.0 Å². The van der Waals surface area contributed by atoms with Crippen LogP contribution < -0.4 is 14.8 Å². The first kappa shape index (κ1) is 13.6. The second-order valence-corrected chi connectivity index (χ2v) is 3.78. The van der Waals surface area contributed by atoms with Crippen LogP contribution in [0.3, 0.4) is 0 Å². The topological polar surface area (TPSA) is 69.2 Å². The number of hydrogen-bond acceptors (Lipinski definition) is 6. The first-order valence-electron chi connectivity index (χ1n) is 5.75. The Morgan fingerprint density at radius 1 is 1.12 bits per heavy atom. The third-order valence-electron chi connectivity index (χ3n) is 2.24. The molecule has 0 aliphatic carbocycles. The molecule has 6 nitrogen and oxygen atoms in total. The summed E-state index contributed by atoms with van der Waals surface area (Å²) in [5, 5.41) is 3.37. The van der Waals surface area contributed by atoms with Gasteiger partial charge in [0.2, 0.25) is 0 Å². The molecule has 17 heavy (non-hydrogen) atoms. The highest BCUT2D eigenvalue weighted by molar-refractivity contribution is 5.06. The van der Waals surface area contributed by atoms with Crippen LogP contribution in [-0.2, 0) is 6.42 Å². The molecule has 0 spiro atoms. The molecular weight excluding hydrogens is 220 g/mol. The molecule has 0 fully saturated rings. The van der Waals surface area contributed by atoms with Crippen LogP contribution in [0.2, 0.25) is 0 Å². The predicted molar refractivity (Wildman–Crippen MR) is 64.4 cm³/mol. The smallest absolute Gasteiger partial charge is 0.322 e. The molecule has 0 saturated carbocycles. The second kappa shape index (κ2) is 7.01. The molecule has 0 aliphatic heterocycles. The average molecular weight is 240 g/mol. The molecule has 1 aromatic rings. The molecule has 1 aromatic heterocycles. The van der Waals surface area contributed by atoms with E-state index in [4.69, 9.17) is 9.47 Å². The minimum absolute atomic E-state index is 0.287. The second-order valence-electron chi connectivity index (χ2n) is 3.78. The molecule has 1 unspecified atom stereocenters. The van der Waals surface area contributed by atoms with Crippen molar-refractivity contribution in [3.63, 3.8) is 0 Å². The average Bonchev–Trinajstić information content (AvgIpc) is 2.35. The summed E-state index contributed by atoms with van der Waals surface area (Å²) in [5.74, 6) is 0.671. The van der Waals surface area contributed by atoms with E-state index in [2.05, 4.69) is 34.1 Å². The van der Waals surface area contributed by atoms with E-state index in [1.807, 2.05) is 0 Å². The Hall–Kier alpha value is -1.43. The van der Waals surface area contributed by atoms with Crippen molar-refractivity contribution in [2.75, 3.05) is 20.8 Å². The molecule has 0 bridgehead atoms. The molecular formula is C11H20N4O2. The van der Waals surface area contributed by atoms with Gasteiger partial charge in [0.15, 0.2) is 0 Å². The van der Waals surface area contributed by atoms with E-state index in [9.17, 15) is 0 Å². The summed E-state index contributed by atoms with van der Waals surface area (Å²) in [5.41, 5.74) is 0. The molecule has 0 saturated heterocycles. The number of nitrogens with one attached hydrogen (secondary N) is 1. The largest absolute Gasteiger partial charge is 0.467 e.